The fourth-order valence-electron chi connectivity index (χ4n) is 2.80. The summed E-state index contributed by atoms with van der Waals surface area (Å²) >= 11 is 0. The Balaban J connectivity index is 2.07. The first-order valence-corrected chi connectivity index (χ1v) is 9.93. The van der Waals surface area contributed by atoms with Crippen molar-refractivity contribution < 1.29 is 8.42 Å². The Bertz CT molecular complexity index is 1040. The molecule has 0 radical (unpaired) electrons. The van der Waals surface area contributed by atoms with E-state index in [4.69, 9.17) is 0 Å². The Morgan fingerprint density at radius 3 is 2.52 bits per heavy atom. The lowest BCUT2D eigenvalue weighted by Gasteiger charge is -2.19. The number of nitrogens with zero attached hydrogens (tertiary/aromatic N) is 2. The van der Waals surface area contributed by atoms with Gasteiger partial charge in [0.05, 0.1) is 23.0 Å². The number of rotatable bonds is 7. The molecule has 0 fully saturated rings. The molecule has 0 spiro atoms. The van der Waals surface area contributed by atoms with Gasteiger partial charge in [-0.25, -0.2) is 18.1 Å². The molecule has 0 saturated carbocycles. The van der Waals surface area contributed by atoms with Crippen LogP contribution in [-0.2, 0) is 17.1 Å². The maximum atomic E-state index is 12.2. The van der Waals surface area contributed by atoms with Gasteiger partial charge in [0.15, 0.2) is 0 Å². The standard InChI is InChI=1S/C20H22N4O2S/c1-4-18(15-8-6-5-7-9-15)23-19-11-10-16(27(25,26)21-2)12-17(19)20-13-24(3)14-22-20/h4-14,18,21,23H,1H2,2-3H3/t18-/m0/s1. The Morgan fingerprint density at radius 2 is 1.93 bits per heavy atom. The first-order valence-electron chi connectivity index (χ1n) is 8.44. The van der Waals surface area contributed by atoms with Crippen LogP contribution in [0.1, 0.15) is 11.6 Å². The van der Waals surface area contributed by atoms with Crippen LogP contribution in [0.5, 0.6) is 0 Å². The third-order valence-electron chi connectivity index (χ3n) is 4.26. The van der Waals surface area contributed by atoms with Crippen LogP contribution in [0.25, 0.3) is 11.3 Å². The van der Waals surface area contributed by atoms with Crippen molar-refractivity contribution in [3.05, 3.63) is 79.3 Å². The van der Waals surface area contributed by atoms with Crippen LogP contribution in [0.15, 0.2) is 78.6 Å². The number of nitrogens with one attached hydrogen (secondary N) is 2. The number of hydrogen-bond acceptors (Lipinski definition) is 4. The van der Waals surface area contributed by atoms with E-state index in [2.05, 4.69) is 21.6 Å². The molecule has 0 saturated heterocycles. The van der Waals surface area contributed by atoms with Gasteiger partial charge in [0, 0.05) is 24.5 Å². The molecule has 3 rings (SSSR count). The highest BCUT2D eigenvalue weighted by atomic mass is 32.2. The molecule has 0 unspecified atom stereocenters. The minimum absolute atomic E-state index is 0.125. The molecule has 1 aromatic heterocycles. The summed E-state index contributed by atoms with van der Waals surface area (Å²) in [6.45, 7) is 3.92. The summed E-state index contributed by atoms with van der Waals surface area (Å²) in [5.41, 5.74) is 3.22. The summed E-state index contributed by atoms with van der Waals surface area (Å²) < 4.78 is 28.6. The van der Waals surface area contributed by atoms with Crippen molar-refractivity contribution in [2.45, 2.75) is 10.9 Å². The fraction of sp³-hybridized carbons (Fsp3) is 0.150. The smallest absolute Gasteiger partial charge is 0.240 e. The summed E-state index contributed by atoms with van der Waals surface area (Å²) in [5, 5.41) is 3.44. The van der Waals surface area contributed by atoms with Gasteiger partial charge in [0.2, 0.25) is 10.0 Å². The number of hydrogen-bond donors (Lipinski definition) is 2. The number of anilines is 1. The molecule has 1 heterocycles. The molecule has 1 atom stereocenters. The minimum atomic E-state index is -3.56. The molecule has 0 aliphatic rings. The Hall–Kier alpha value is -2.90. The molecule has 0 bridgehead atoms. The molecule has 2 aromatic carbocycles. The third kappa shape index (κ3) is 4.10. The van der Waals surface area contributed by atoms with Gasteiger partial charge >= 0.3 is 0 Å². The van der Waals surface area contributed by atoms with E-state index < -0.39 is 10.0 Å². The van der Waals surface area contributed by atoms with Gasteiger partial charge in [-0.2, -0.15) is 0 Å². The van der Waals surface area contributed by atoms with E-state index in [1.54, 1.807) is 24.5 Å². The highest BCUT2D eigenvalue weighted by Gasteiger charge is 2.18. The molecule has 6 nitrogen and oxygen atoms in total. The van der Waals surface area contributed by atoms with Gasteiger partial charge in [-0.1, -0.05) is 36.4 Å². The number of sulfonamides is 1. The SMILES string of the molecule is C=C[C@H](Nc1ccc(S(=O)(=O)NC)cc1-c1cn(C)cn1)c1ccccc1. The zero-order valence-corrected chi connectivity index (χ0v) is 16.1. The van der Waals surface area contributed by atoms with Crippen molar-refractivity contribution >= 4 is 15.7 Å². The molecular weight excluding hydrogens is 360 g/mol. The van der Waals surface area contributed by atoms with Crippen molar-refractivity contribution in [1.29, 1.82) is 0 Å². The molecule has 0 amide bonds. The van der Waals surface area contributed by atoms with Crippen molar-refractivity contribution in [1.82, 2.24) is 14.3 Å². The van der Waals surface area contributed by atoms with E-state index in [0.29, 0.717) is 11.3 Å². The van der Waals surface area contributed by atoms with Crippen LogP contribution in [0, 0.1) is 0 Å². The molecule has 3 aromatic rings. The zero-order valence-electron chi connectivity index (χ0n) is 15.3. The summed E-state index contributed by atoms with van der Waals surface area (Å²) in [4.78, 5) is 4.57. The zero-order chi connectivity index (χ0) is 19.4. The molecule has 7 heteroatoms. The molecule has 27 heavy (non-hydrogen) atoms. The first-order chi connectivity index (χ1) is 12.9. The predicted octanol–water partition coefficient (Wildman–Crippen LogP) is 3.33. The molecule has 2 N–H and O–H groups in total. The number of aromatic nitrogens is 2. The molecular formula is C20H22N4O2S. The average molecular weight is 382 g/mol. The largest absolute Gasteiger partial charge is 0.374 e. The van der Waals surface area contributed by atoms with Gasteiger partial charge < -0.3 is 9.88 Å². The Labute approximate surface area is 159 Å². The highest BCUT2D eigenvalue weighted by molar-refractivity contribution is 7.89. The van der Waals surface area contributed by atoms with Gasteiger partial charge in [-0.3, -0.25) is 0 Å². The summed E-state index contributed by atoms with van der Waals surface area (Å²) in [6.07, 6.45) is 5.35. The van der Waals surface area contributed by atoms with Gasteiger partial charge in [-0.15, -0.1) is 6.58 Å². The lowest BCUT2D eigenvalue weighted by molar-refractivity contribution is 0.588. The van der Waals surface area contributed by atoms with Crippen LogP contribution in [0.4, 0.5) is 5.69 Å². The lowest BCUT2D eigenvalue weighted by atomic mass is 10.0. The van der Waals surface area contributed by atoms with Crippen molar-refractivity contribution in [3.63, 3.8) is 0 Å². The van der Waals surface area contributed by atoms with E-state index in [9.17, 15) is 8.42 Å². The quantitative estimate of drug-likeness (QED) is 0.615. The van der Waals surface area contributed by atoms with Gasteiger partial charge in [0.25, 0.3) is 0 Å². The maximum absolute atomic E-state index is 12.2. The highest BCUT2D eigenvalue weighted by Crippen LogP contribution is 2.32. The van der Waals surface area contributed by atoms with E-state index in [1.165, 1.54) is 7.05 Å². The lowest BCUT2D eigenvalue weighted by Crippen LogP contribution is -2.18. The van der Waals surface area contributed by atoms with Crippen LogP contribution in [-0.4, -0.2) is 25.0 Å². The maximum Gasteiger partial charge on any atom is 0.240 e. The Morgan fingerprint density at radius 1 is 1.19 bits per heavy atom. The summed E-state index contributed by atoms with van der Waals surface area (Å²) in [6, 6.07) is 14.8. The molecule has 0 aliphatic carbocycles. The van der Waals surface area contributed by atoms with E-state index in [0.717, 1.165) is 11.3 Å². The van der Waals surface area contributed by atoms with E-state index >= 15 is 0 Å². The summed E-state index contributed by atoms with van der Waals surface area (Å²) in [7, 11) is -0.294. The van der Waals surface area contributed by atoms with Crippen molar-refractivity contribution in [2.75, 3.05) is 12.4 Å². The second-order valence-corrected chi connectivity index (χ2v) is 7.99. The first kappa shape index (κ1) is 18.9. The van der Waals surface area contributed by atoms with Crippen molar-refractivity contribution in [2.24, 2.45) is 7.05 Å². The fourth-order valence-corrected chi connectivity index (χ4v) is 3.56. The van der Waals surface area contributed by atoms with Crippen LogP contribution < -0.4 is 10.0 Å². The predicted molar refractivity (Wildman–Crippen MR) is 108 cm³/mol. The normalized spacial score (nSPS) is 12.5. The van der Waals surface area contributed by atoms with Gasteiger partial charge in [-0.05, 0) is 30.8 Å². The minimum Gasteiger partial charge on any atom is -0.374 e. The second-order valence-electron chi connectivity index (χ2n) is 6.11. The monoisotopic (exact) mass is 382 g/mol. The number of benzene rings is 2. The third-order valence-corrected chi connectivity index (χ3v) is 5.67. The molecule has 140 valence electrons. The number of aryl methyl sites for hydroxylation is 1. The van der Waals surface area contributed by atoms with E-state index in [1.807, 2.05) is 54.2 Å². The topological polar surface area (TPSA) is 76.0 Å². The van der Waals surface area contributed by atoms with Crippen molar-refractivity contribution in [3.8, 4) is 11.3 Å². The van der Waals surface area contributed by atoms with Crippen LogP contribution >= 0.6 is 0 Å². The van der Waals surface area contributed by atoms with E-state index in [-0.39, 0.29) is 10.9 Å². The van der Waals surface area contributed by atoms with Crippen LogP contribution in [0.3, 0.4) is 0 Å². The van der Waals surface area contributed by atoms with Crippen LogP contribution in [0.2, 0.25) is 0 Å². The molecule has 0 aliphatic heterocycles. The Kier molecular flexibility index (Phi) is 5.43. The summed E-state index contributed by atoms with van der Waals surface area (Å²) in [5.74, 6) is 0. The number of imidazole rings is 1. The van der Waals surface area contributed by atoms with Gasteiger partial charge in [0.1, 0.15) is 0 Å². The average Bonchev–Trinajstić information content (AvgIpc) is 3.13. The second kappa shape index (κ2) is 7.77.